The van der Waals surface area contributed by atoms with Gasteiger partial charge in [-0.15, -0.1) is 0 Å². The van der Waals surface area contributed by atoms with E-state index in [0.29, 0.717) is 16.6 Å². The molecule has 0 amide bonds. The van der Waals surface area contributed by atoms with Crippen LogP contribution in [0.5, 0.6) is 0 Å². The number of benzene rings is 2. The maximum absolute atomic E-state index is 14.0. The van der Waals surface area contributed by atoms with E-state index in [1.165, 1.54) is 31.3 Å². The number of Topliss-reactive ketones (excluding diaryl/α,β-unsaturated/α-hetero) is 1. The van der Waals surface area contributed by atoms with E-state index in [1.54, 1.807) is 36.4 Å². The SMILES string of the molecule is CC(Cc1ccccc1)(CC(F)(F)F)C(=O)Cc1cnc2cccc(F)c2c1. The van der Waals surface area contributed by atoms with E-state index in [0.717, 1.165) is 0 Å². The number of carbonyl (C=O) groups excluding carboxylic acids is 1. The second kappa shape index (κ2) is 7.70. The minimum atomic E-state index is -4.48. The number of ketones is 1. The van der Waals surface area contributed by atoms with Gasteiger partial charge in [0.1, 0.15) is 11.6 Å². The van der Waals surface area contributed by atoms with Crippen molar-refractivity contribution in [2.24, 2.45) is 5.41 Å². The molecule has 146 valence electrons. The van der Waals surface area contributed by atoms with Crippen LogP contribution in [0.4, 0.5) is 17.6 Å². The van der Waals surface area contributed by atoms with E-state index in [9.17, 15) is 22.4 Å². The first-order chi connectivity index (χ1) is 13.2. The average Bonchev–Trinajstić information content (AvgIpc) is 2.61. The van der Waals surface area contributed by atoms with Crippen molar-refractivity contribution in [2.75, 3.05) is 0 Å². The predicted molar refractivity (Wildman–Crippen MR) is 99.3 cm³/mol. The minimum Gasteiger partial charge on any atom is -0.299 e. The van der Waals surface area contributed by atoms with Crippen molar-refractivity contribution >= 4 is 16.7 Å². The Hall–Kier alpha value is -2.76. The molecule has 1 heterocycles. The van der Waals surface area contributed by atoms with E-state index >= 15 is 0 Å². The number of aromatic nitrogens is 1. The Morgan fingerprint density at radius 1 is 1.00 bits per heavy atom. The zero-order valence-electron chi connectivity index (χ0n) is 15.3. The number of halogens is 4. The van der Waals surface area contributed by atoms with Crippen LogP contribution in [0.1, 0.15) is 24.5 Å². The highest BCUT2D eigenvalue weighted by atomic mass is 19.4. The van der Waals surface area contributed by atoms with Crippen LogP contribution >= 0.6 is 0 Å². The topological polar surface area (TPSA) is 30.0 Å². The van der Waals surface area contributed by atoms with Crippen molar-refractivity contribution in [3.63, 3.8) is 0 Å². The van der Waals surface area contributed by atoms with E-state index in [4.69, 9.17) is 0 Å². The Morgan fingerprint density at radius 3 is 2.39 bits per heavy atom. The normalized spacial score (nSPS) is 14.0. The summed E-state index contributed by atoms with van der Waals surface area (Å²) in [6.45, 7) is 1.34. The molecule has 3 aromatic rings. The number of pyridine rings is 1. The maximum atomic E-state index is 14.0. The van der Waals surface area contributed by atoms with Gasteiger partial charge in [-0.2, -0.15) is 13.2 Å². The Bertz CT molecular complexity index is 985. The van der Waals surface area contributed by atoms with Gasteiger partial charge in [0.05, 0.1) is 11.9 Å². The molecule has 6 heteroatoms. The van der Waals surface area contributed by atoms with Crippen LogP contribution in [-0.4, -0.2) is 16.9 Å². The molecule has 28 heavy (non-hydrogen) atoms. The third kappa shape index (κ3) is 4.74. The summed E-state index contributed by atoms with van der Waals surface area (Å²) < 4.78 is 53.6. The second-order valence-corrected chi connectivity index (χ2v) is 7.27. The van der Waals surface area contributed by atoms with Gasteiger partial charge in [-0.05, 0) is 35.7 Å². The molecule has 1 atom stereocenters. The summed E-state index contributed by atoms with van der Waals surface area (Å²) in [5.74, 6) is -1.03. The lowest BCUT2D eigenvalue weighted by Gasteiger charge is -2.29. The lowest BCUT2D eigenvalue weighted by Crippen LogP contribution is -2.36. The molecule has 2 nitrogen and oxygen atoms in total. The van der Waals surface area contributed by atoms with Crippen molar-refractivity contribution in [1.29, 1.82) is 0 Å². The molecule has 0 aliphatic rings. The van der Waals surface area contributed by atoms with Gasteiger partial charge in [0.25, 0.3) is 0 Å². The fourth-order valence-corrected chi connectivity index (χ4v) is 3.40. The molecular formula is C22H19F4NO. The van der Waals surface area contributed by atoms with Crippen molar-refractivity contribution in [3.05, 3.63) is 77.7 Å². The molecular weight excluding hydrogens is 370 g/mol. The molecule has 0 saturated heterocycles. The number of hydrogen-bond acceptors (Lipinski definition) is 2. The molecule has 0 spiro atoms. The lowest BCUT2D eigenvalue weighted by molar-refractivity contribution is -0.165. The zero-order chi connectivity index (χ0) is 20.4. The van der Waals surface area contributed by atoms with Gasteiger partial charge in [-0.25, -0.2) is 4.39 Å². The molecule has 3 rings (SSSR count). The molecule has 0 aliphatic carbocycles. The van der Waals surface area contributed by atoms with Gasteiger partial charge in [0, 0.05) is 23.4 Å². The van der Waals surface area contributed by atoms with Crippen molar-refractivity contribution in [3.8, 4) is 0 Å². The van der Waals surface area contributed by atoms with Crippen LogP contribution in [-0.2, 0) is 17.6 Å². The number of nitrogens with zero attached hydrogens (tertiary/aromatic N) is 1. The summed E-state index contributed by atoms with van der Waals surface area (Å²) in [6, 6.07) is 14.5. The molecule has 2 aromatic carbocycles. The van der Waals surface area contributed by atoms with Crippen LogP contribution in [0.2, 0.25) is 0 Å². The molecule has 1 unspecified atom stereocenters. The summed E-state index contributed by atoms with van der Waals surface area (Å²) in [6.07, 6.45) is -4.55. The highest BCUT2D eigenvalue weighted by molar-refractivity contribution is 5.88. The largest absolute Gasteiger partial charge is 0.390 e. The average molecular weight is 389 g/mol. The quantitative estimate of drug-likeness (QED) is 0.507. The third-order valence-corrected chi connectivity index (χ3v) is 4.79. The van der Waals surface area contributed by atoms with Crippen molar-refractivity contribution in [1.82, 2.24) is 4.98 Å². The first kappa shape index (κ1) is 20.0. The molecule has 0 bridgehead atoms. The van der Waals surface area contributed by atoms with Gasteiger partial charge in [-0.1, -0.05) is 43.3 Å². The minimum absolute atomic E-state index is 0.0262. The van der Waals surface area contributed by atoms with E-state index in [1.807, 2.05) is 0 Å². The molecule has 0 N–H and O–H groups in total. The summed E-state index contributed by atoms with van der Waals surface area (Å²) in [5, 5.41) is 0.244. The van der Waals surface area contributed by atoms with E-state index in [-0.39, 0.29) is 18.2 Å². The fourth-order valence-electron chi connectivity index (χ4n) is 3.40. The van der Waals surface area contributed by atoms with Gasteiger partial charge in [0.15, 0.2) is 0 Å². The monoisotopic (exact) mass is 389 g/mol. The number of alkyl halides is 3. The molecule has 0 radical (unpaired) electrons. The van der Waals surface area contributed by atoms with Crippen molar-refractivity contribution in [2.45, 2.75) is 32.4 Å². The van der Waals surface area contributed by atoms with Crippen molar-refractivity contribution < 1.29 is 22.4 Å². The number of carbonyl (C=O) groups is 1. The smallest absolute Gasteiger partial charge is 0.299 e. The van der Waals surface area contributed by atoms with Gasteiger partial charge >= 0.3 is 6.18 Å². The Balaban J connectivity index is 1.89. The highest BCUT2D eigenvalue weighted by Gasteiger charge is 2.43. The summed E-state index contributed by atoms with van der Waals surface area (Å²) in [4.78, 5) is 17.0. The van der Waals surface area contributed by atoms with Crippen LogP contribution in [0.3, 0.4) is 0 Å². The molecule has 0 aliphatic heterocycles. The van der Waals surface area contributed by atoms with Gasteiger partial charge in [0.2, 0.25) is 0 Å². The Kier molecular flexibility index (Phi) is 5.49. The standard InChI is InChI=1S/C22H19F4NO/c1-21(14-22(24,25)26,12-15-6-3-2-4-7-15)20(28)11-16-10-17-18(23)8-5-9-19(17)27-13-16/h2-10,13H,11-12,14H2,1H3. The second-order valence-electron chi connectivity index (χ2n) is 7.27. The van der Waals surface area contributed by atoms with Crippen LogP contribution in [0, 0.1) is 11.2 Å². The zero-order valence-corrected chi connectivity index (χ0v) is 15.3. The van der Waals surface area contributed by atoms with Crippen LogP contribution in [0.15, 0.2) is 60.8 Å². The first-order valence-corrected chi connectivity index (χ1v) is 8.83. The maximum Gasteiger partial charge on any atom is 0.390 e. The van der Waals surface area contributed by atoms with Gasteiger partial charge in [-0.3, -0.25) is 9.78 Å². The van der Waals surface area contributed by atoms with Gasteiger partial charge < -0.3 is 0 Å². The van der Waals surface area contributed by atoms with E-state index < -0.39 is 29.6 Å². The number of hydrogen-bond donors (Lipinski definition) is 0. The summed E-state index contributed by atoms with van der Waals surface area (Å²) in [7, 11) is 0. The Labute approximate surface area is 160 Å². The highest BCUT2D eigenvalue weighted by Crippen LogP contribution is 2.38. The Morgan fingerprint density at radius 2 is 1.71 bits per heavy atom. The number of fused-ring (bicyclic) bond motifs is 1. The van der Waals surface area contributed by atoms with Crippen LogP contribution in [0.25, 0.3) is 10.9 Å². The fraction of sp³-hybridized carbons (Fsp3) is 0.273. The number of rotatable bonds is 6. The summed E-state index contributed by atoms with van der Waals surface area (Å²) in [5.41, 5.74) is -0.142. The summed E-state index contributed by atoms with van der Waals surface area (Å²) >= 11 is 0. The van der Waals surface area contributed by atoms with E-state index in [2.05, 4.69) is 4.98 Å². The molecule has 1 aromatic heterocycles. The lowest BCUT2D eigenvalue weighted by atomic mass is 9.75. The molecule has 0 fully saturated rings. The molecule has 0 saturated carbocycles. The third-order valence-electron chi connectivity index (χ3n) is 4.79. The first-order valence-electron chi connectivity index (χ1n) is 8.83. The van der Waals surface area contributed by atoms with Crippen LogP contribution < -0.4 is 0 Å². The predicted octanol–water partition coefficient (Wildman–Crippen LogP) is 5.69.